The highest BCUT2D eigenvalue weighted by atomic mass is 16.1. The molecule has 4 rings (SSSR count). The molecule has 144 valence electrons. The van der Waals surface area contributed by atoms with Gasteiger partial charge in [-0.3, -0.25) is 4.79 Å². The molecular weight excluding hydrogens is 362 g/mol. The second-order valence-corrected chi connectivity index (χ2v) is 7.10. The van der Waals surface area contributed by atoms with Crippen LogP contribution in [0.4, 0.5) is 11.5 Å². The molecular formula is C23H21N5O. The Balaban J connectivity index is 1.65. The molecule has 2 aromatic carbocycles. The highest BCUT2D eigenvalue weighted by Gasteiger charge is 2.20. The van der Waals surface area contributed by atoms with Gasteiger partial charge in [-0.1, -0.05) is 43.2 Å². The molecule has 0 spiro atoms. The van der Waals surface area contributed by atoms with Gasteiger partial charge in [0.05, 0.1) is 11.6 Å². The van der Waals surface area contributed by atoms with E-state index in [0.717, 1.165) is 36.9 Å². The topological polar surface area (TPSA) is 90.7 Å². The standard InChI is InChI=1S/C23H21N5O/c24-15-16-10-12-19(13-11-16)25-21-14-20(23(29)26-18-8-4-5-9-18)27-22(28-21)17-6-2-1-3-7-17/h1-3,6-7,10-14,18H,4-5,8-9H2,(H,26,29)(H,25,27,28). The van der Waals surface area contributed by atoms with E-state index in [9.17, 15) is 4.79 Å². The number of nitrogens with one attached hydrogen (secondary N) is 2. The number of carbonyl (C=O) groups is 1. The minimum Gasteiger partial charge on any atom is -0.348 e. The number of rotatable bonds is 5. The second-order valence-electron chi connectivity index (χ2n) is 7.10. The molecule has 6 heteroatoms. The Bertz CT molecular complexity index is 1040. The Morgan fingerprint density at radius 1 is 1.00 bits per heavy atom. The third-order valence-corrected chi connectivity index (χ3v) is 4.97. The van der Waals surface area contributed by atoms with E-state index in [0.29, 0.717) is 22.9 Å². The Morgan fingerprint density at radius 3 is 2.41 bits per heavy atom. The summed E-state index contributed by atoms with van der Waals surface area (Å²) in [6.45, 7) is 0. The van der Waals surface area contributed by atoms with E-state index in [-0.39, 0.29) is 11.9 Å². The molecule has 2 N–H and O–H groups in total. The molecule has 0 radical (unpaired) electrons. The lowest BCUT2D eigenvalue weighted by atomic mass is 10.2. The van der Waals surface area contributed by atoms with Crippen LogP contribution in [0.1, 0.15) is 41.7 Å². The van der Waals surface area contributed by atoms with Crippen LogP contribution < -0.4 is 10.6 Å². The maximum absolute atomic E-state index is 12.8. The zero-order valence-corrected chi connectivity index (χ0v) is 15.9. The molecule has 1 aliphatic rings. The lowest BCUT2D eigenvalue weighted by Gasteiger charge is -2.13. The molecule has 1 saturated carbocycles. The van der Waals surface area contributed by atoms with E-state index >= 15 is 0 Å². The van der Waals surface area contributed by atoms with Crippen LogP contribution in [0.3, 0.4) is 0 Å². The van der Waals surface area contributed by atoms with Gasteiger partial charge in [0.1, 0.15) is 11.5 Å². The molecule has 0 saturated heterocycles. The molecule has 3 aromatic rings. The summed E-state index contributed by atoms with van der Waals surface area (Å²) in [7, 11) is 0. The fourth-order valence-corrected chi connectivity index (χ4v) is 3.45. The third kappa shape index (κ3) is 4.58. The fourth-order valence-electron chi connectivity index (χ4n) is 3.45. The van der Waals surface area contributed by atoms with Crippen LogP contribution in [0, 0.1) is 11.3 Å². The zero-order valence-electron chi connectivity index (χ0n) is 15.9. The van der Waals surface area contributed by atoms with Crippen molar-refractivity contribution >= 4 is 17.4 Å². The summed E-state index contributed by atoms with van der Waals surface area (Å²) in [5.74, 6) is 0.834. The van der Waals surface area contributed by atoms with Gasteiger partial charge in [0, 0.05) is 23.4 Å². The Labute approximate surface area is 169 Å². The van der Waals surface area contributed by atoms with Crippen molar-refractivity contribution in [1.82, 2.24) is 15.3 Å². The van der Waals surface area contributed by atoms with Crippen LogP contribution in [0.25, 0.3) is 11.4 Å². The van der Waals surface area contributed by atoms with Gasteiger partial charge in [0.25, 0.3) is 5.91 Å². The van der Waals surface area contributed by atoms with E-state index in [1.54, 1.807) is 30.3 Å². The number of hydrogen-bond donors (Lipinski definition) is 2. The highest BCUT2D eigenvalue weighted by Crippen LogP contribution is 2.22. The first-order chi connectivity index (χ1) is 14.2. The predicted octanol–water partition coefficient (Wildman–Crippen LogP) is 4.43. The molecule has 6 nitrogen and oxygen atoms in total. The fraction of sp³-hybridized carbons (Fsp3) is 0.217. The molecule has 0 aliphatic heterocycles. The Kier molecular flexibility index (Phi) is 5.48. The lowest BCUT2D eigenvalue weighted by Crippen LogP contribution is -2.33. The summed E-state index contributed by atoms with van der Waals surface area (Å²) in [5.41, 5.74) is 2.54. The Morgan fingerprint density at radius 2 is 1.72 bits per heavy atom. The van der Waals surface area contributed by atoms with E-state index in [2.05, 4.69) is 26.7 Å². The van der Waals surface area contributed by atoms with Crippen LogP contribution in [0.5, 0.6) is 0 Å². The van der Waals surface area contributed by atoms with Gasteiger partial charge in [-0.25, -0.2) is 9.97 Å². The smallest absolute Gasteiger partial charge is 0.270 e. The van der Waals surface area contributed by atoms with Crippen molar-refractivity contribution < 1.29 is 4.79 Å². The molecule has 0 bridgehead atoms. The van der Waals surface area contributed by atoms with Gasteiger partial charge < -0.3 is 10.6 Å². The summed E-state index contributed by atoms with van der Waals surface area (Å²) in [5, 5.41) is 15.3. The molecule has 29 heavy (non-hydrogen) atoms. The van der Waals surface area contributed by atoms with Gasteiger partial charge in [-0.2, -0.15) is 5.26 Å². The van der Waals surface area contributed by atoms with Gasteiger partial charge in [0.15, 0.2) is 5.82 Å². The minimum atomic E-state index is -0.181. The maximum atomic E-state index is 12.8. The molecule has 1 aromatic heterocycles. The predicted molar refractivity (Wildman–Crippen MR) is 112 cm³/mol. The average molecular weight is 383 g/mol. The van der Waals surface area contributed by atoms with Crippen molar-refractivity contribution in [1.29, 1.82) is 5.26 Å². The average Bonchev–Trinajstić information content (AvgIpc) is 3.28. The van der Waals surface area contributed by atoms with Gasteiger partial charge in [0.2, 0.25) is 0 Å². The molecule has 0 atom stereocenters. The number of nitriles is 1. The third-order valence-electron chi connectivity index (χ3n) is 4.97. The number of amides is 1. The SMILES string of the molecule is N#Cc1ccc(Nc2cc(C(=O)NC3CCCC3)nc(-c3ccccc3)n2)cc1. The quantitative estimate of drug-likeness (QED) is 0.680. The van der Waals surface area contributed by atoms with Crippen molar-refractivity contribution in [2.24, 2.45) is 0 Å². The van der Waals surface area contributed by atoms with Crippen LogP contribution in [0.15, 0.2) is 60.7 Å². The van der Waals surface area contributed by atoms with E-state index in [1.807, 2.05) is 30.3 Å². The normalized spacial score (nSPS) is 13.6. The molecule has 1 heterocycles. The van der Waals surface area contributed by atoms with Gasteiger partial charge >= 0.3 is 0 Å². The van der Waals surface area contributed by atoms with Crippen molar-refractivity contribution in [3.05, 3.63) is 71.9 Å². The first-order valence-electron chi connectivity index (χ1n) is 9.74. The molecule has 1 fully saturated rings. The van der Waals surface area contributed by atoms with Crippen LogP contribution in [-0.4, -0.2) is 21.9 Å². The summed E-state index contributed by atoms with van der Waals surface area (Å²) in [4.78, 5) is 21.9. The monoisotopic (exact) mass is 383 g/mol. The summed E-state index contributed by atoms with van der Waals surface area (Å²) in [6, 6.07) is 20.6. The molecule has 1 aliphatic carbocycles. The van der Waals surface area contributed by atoms with Crippen molar-refractivity contribution in [3.63, 3.8) is 0 Å². The number of benzene rings is 2. The number of carbonyl (C=O) groups excluding carboxylic acids is 1. The summed E-state index contributed by atoms with van der Waals surface area (Å²) >= 11 is 0. The summed E-state index contributed by atoms with van der Waals surface area (Å²) in [6.07, 6.45) is 4.32. The number of nitrogens with zero attached hydrogens (tertiary/aromatic N) is 3. The number of hydrogen-bond acceptors (Lipinski definition) is 5. The maximum Gasteiger partial charge on any atom is 0.270 e. The highest BCUT2D eigenvalue weighted by molar-refractivity contribution is 5.93. The molecule has 0 unspecified atom stereocenters. The van der Waals surface area contributed by atoms with Gasteiger partial charge in [-0.05, 0) is 37.1 Å². The molecule has 1 amide bonds. The van der Waals surface area contributed by atoms with Crippen molar-refractivity contribution in [2.75, 3.05) is 5.32 Å². The minimum absolute atomic E-state index is 0.181. The number of anilines is 2. The summed E-state index contributed by atoms with van der Waals surface area (Å²) < 4.78 is 0. The lowest BCUT2D eigenvalue weighted by molar-refractivity contribution is 0.0933. The van der Waals surface area contributed by atoms with E-state index in [4.69, 9.17) is 5.26 Å². The van der Waals surface area contributed by atoms with Gasteiger partial charge in [-0.15, -0.1) is 0 Å². The first kappa shape index (κ1) is 18.6. The largest absolute Gasteiger partial charge is 0.348 e. The zero-order chi connectivity index (χ0) is 20.1. The van der Waals surface area contributed by atoms with E-state index in [1.165, 1.54) is 0 Å². The van der Waals surface area contributed by atoms with Crippen LogP contribution in [-0.2, 0) is 0 Å². The number of aromatic nitrogens is 2. The second kappa shape index (κ2) is 8.53. The van der Waals surface area contributed by atoms with Crippen LogP contribution in [0.2, 0.25) is 0 Å². The Hall–Kier alpha value is -3.72. The van der Waals surface area contributed by atoms with Crippen LogP contribution >= 0.6 is 0 Å². The van der Waals surface area contributed by atoms with Crippen molar-refractivity contribution in [3.8, 4) is 17.5 Å². The van der Waals surface area contributed by atoms with E-state index < -0.39 is 0 Å². The van der Waals surface area contributed by atoms with Crippen molar-refractivity contribution in [2.45, 2.75) is 31.7 Å². The first-order valence-corrected chi connectivity index (χ1v) is 9.74.